The number of carboxylic acids is 1. The third kappa shape index (κ3) is 3.71. The summed E-state index contributed by atoms with van der Waals surface area (Å²) in [6.45, 7) is 3.17. The molecular weight excluding hydrogens is 321 g/mol. The zero-order chi connectivity index (χ0) is 13.9. The van der Waals surface area contributed by atoms with Crippen LogP contribution in [0.25, 0.3) is 0 Å². The Morgan fingerprint density at radius 3 is 2.56 bits per heavy atom. The van der Waals surface area contributed by atoms with Gasteiger partial charge >= 0.3 is 5.97 Å². The molecule has 1 N–H and O–H groups in total. The number of nitrogens with zero attached hydrogens (tertiary/aromatic N) is 1. The Morgan fingerprint density at radius 2 is 2.06 bits per heavy atom. The molecule has 0 aliphatic carbocycles. The second-order valence-corrected chi connectivity index (χ2v) is 5.37. The topological polar surface area (TPSA) is 57.6 Å². The molecule has 1 aromatic carbocycles. The van der Waals surface area contributed by atoms with Gasteiger partial charge in [-0.15, -0.1) is 0 Å². The van der Waals surface area contributed by atoms with E-state index in [-0.39, 0.29) is 12.6 Å². The van der Waals surface area contributed by atoms with Crippen molar-refractivity contribution in [3.63, 3.8) is 0 Å². The highest BCUT2D eigenvalue weighted by Gasteiger charge is 2.23. The average Bonchev–Trinajstić information content (AvgIpc) is 2.27. The van der Waals surface area contributed by atoms with Crippen molar-refractivity contribution >= 4 is 39.4 Å². The molecule has 0 bridgehead atoms. The lowest BCUT2D eigenvalue weighted by Gasteiger charge is -2.25. The van der Waals surface area contributed by atoms with Gasteiger partial charge < -0.3 is 10.0 Å². The minimum atomic E-state index is -1.05. The van der Waals surface area contributed by atoms with E-state index in [1.165, 1.54) is 4.90 Å². The summed E-state index contributed by atoms with van der Waals surface area (Å²) < 4.78 is 0.717. The second kappa shape index (κ2) is 6.20. The molecule has 0 aromatic heterocycles. The first kappa shape index (κ1) is 15.0. The first-order valence-electron chi connectivity index (χ1n) is 5.30. The van der Waals surface area contributed by atoms with Crippen molar-refractivity contribution in [3.8, 4) is 0 Å². The molecule has 0 aliphatic rings. The number of hydrogen-bond donors (Lipinski definition) is 1. The molecule has 4 nitrogen and oxygen atoms in total. The van der Waals surface area contributed by atoms with Crippen molar-refractivity contribution in [2.45, 2.75) is 19.9 Å². The van der Waals surface area contributed by atoms with Gasteiger partial charge in [-0.2, -0.15) is 0 Å². The van der Waals surface area contributed by atoms with Crippen molar-refractivity contribution in [2.75, 3.05) is 6.54 Å². The van der Waals surface area contributed by atoms with Crippen LogP contribution in [0.4, 0.5) is 0 Å². The van der Waals surface area contributed by atoms with Gasteiger partial charge in [0.1, 0.15) is 6.54 Å². The highest BCUT2D eigenvalue weighted by molar-refractivity contribution is 9.10. The SMILES string of the molecule is CC(C)N(CC(=O)O)C(=O)c1cc(Br)ccc1Cl. The fourth-order valence-electron chi connectivity index (χ4n) is 1.45. The van der Waals surface area contributed by atoms with Crippen molar-refractivity contribution in [2.24, 2.45) is 0 Å². The Bertz CT molecular complexity index is 476. The van der Waals surface area contributed by atoms with Gasteiger partial charge in [0.15, 0.2) is 0 Å². The Balaban J connectivity index is 3.09. The quantitative estimate of drug-likeness (QED) is 0.921. The van der Waals surface area contributed by atoms with Crippen LogP contribution in [0, 0.1) is 0 Å². The summed E-state index contributed by atoms with van der Waals surface area (Å²) in [6.07, 6.45) is 0. The van der Waals surface area contributed by atoms with Crippen LogP contribution in [0.1, 0.15) is 24.2 Å². The van der Waals surface area contributed by atoms with Crippen LogP contribution < -0.4 is 0 Å². The van der Waals surface area contributed by atoms with E-state index in [4.69, 9.17) is 16.7 Å². The first-order chi connectivity index (χ1) is 8.32. The van der Waals surface area contributed by atoms with Crippen LogP contribution in [-0.4, -0.2) is 34.5 Å². The number of carbonyl (C=O) groups excluding carboxylic acids is 1. The summed E-state index contributed by atoms with van der Waals surface area (Å²) in [5.41, 5.74) is 0.293. The van der Waals surface area contributed by atoms with Crippen molar-refractivity contribution in [1.29, 1.82) is 0 Å². The van der Waals surface area contributed by atoms with Crippen LogP contribution in [0.15, 0.2) is 22.7 Å². The lowest BCUT2D eigenvalue weighted by molar-refractivity contribution is -0.138. The molecule has 0 radical (unpaired) electrons. The number of benzene rings is 1. The van der Waals surface area contributed by atoms with Crippen LogP contribution >= 0.6 is 27.5 Å². The monoisotopic (exact) mass is 333 g/mol. The third-order valence-electron chi connectivity index (χ3n) is 2.35. The Kier molecular flexibility index (Phi) is 5.16. The van der Waals surface area contributed by atoms with Gasteiger partial charge in [0, 0.05) is 10.5 Å². The summed E-state index contributed by atoms with van der Waals surface area (Å²) in [7, 11) is 0. The van der Waals surface area contributed by atoms with E-state index in [1.807, 2.05) is 0 Å². The van der Waals surface area contributed by atoms with Gasteiger partial charge in [-0.3, -0.25) is 9.59 Å². The highest BCUT2D eigenvalue weighted by atomic mass is 79.9. The van der Waals surface area contributed by atoms with E-state index in [1.54, 1.807) is 32.0 Å². The van der Waals surface area contributed by atoms with Crippen LogP contribution in [-0.2, 0) is 4.79 Å². The molecule has 0 saturated heterocycles. The standard InChI is InChI=1S/C12H13BrClNO3/c1-7(2)15(6-11(16)17)12(18)9-5-8(13)3-4-10(9)14/h3-5,7H,6H2,1-2H3,(H,16,17). The average molecular weight is 335 g/mol. The van der Waals surface area contributed by atoms with Gasteiger partial charge in [-0.25, -0.2) is 0 Å². The van der Waals surface area contributed by atoms with Crippen LogP contribution in [0.5, 0.6) is 0 Å². The number of amides is 1. The summed E-state index contributed by atoms with van der Waals surface area (Å²) >= 11 is 9.22. The minimum absolute atomic E-state index is 0.219. The predicted octanol–water partition coefficient (Wildman–Crippen LogP) is 3.04. The first-order valence-corrected chi connectivity index (χ1v) is 6.48. The zero-order valence-electron chi connectivity index (χ0n) is 9.98. The minimum Gasteiger partial charge on any atom is -0.480 e. The fourth-order valence-corrected chi connectivity index (χ4v) is 2.01. The molecule has 18 heavy (non-hydrogen) atoms. The van der Waals surface area contributed by atoms with Gasteiger partial charge in [0.2, 0.25) is 0 Å². The molecule has 0 unspecified atom stereocenters. The van der Waals surface area contributed by atoms with Crippen molar-refractivity contribution < 1.29 is 14.7 Å². The molecule has 0 saturated carbocycles. The van der Waals surface area contributed by atoms with Gasteiger partial charge in [-0.1, -0.05) is 27.5 Å². The number of carboxylic acid groups (broad SMARTS) is 1. The maximum atomic E-state index is 12.3. The van der Waals surface area contributed by atoms with E-state index < -0.39 is 11.9 Å². The molecule has 1 rings (SSSR count). The van der Waals surface area contributed by atoms with Crippen LogP contribution in [0.2, 0.25) is 5.02 Å². The smallest absolute Gasteiger partial charge is 0.323 e. The maximum Gasteiger partial charge on any atom is 0.323 e. The van der Waals surface area contributed by atoms with Gasteiger partial charge in [0.05, 0.1) is 10.6 Å². The molecule has 0 atom stereocenters. The summed E-state index contributed by atoms with van der Waals surface area (Å²) in [4.78, 5) is 24.3. The molecular formula is C12H13BrClNO3. The van der Waals surface area contributed by atoms with E-state index in [0.717, 1.165) is 0 Å². The van der Waals surface area contributed by atoms with Crippen molar-refractivity contribution in [1.82, 2.24) is 4.90 Å². The molecule has 0 aliphatic heterocycles. The molecule has 1 aromatic rings. The highest BCUT2D eigenvalue weighted by Crippen LogP contribution is 2.23. The number of hydrogen-bond acceptors (Lipinski definition) is 2. The van der Waals surface area contributed by atoms with Crippen molar-refractivity contribution in [3.05, 3.63) is 33.3 Å². The molecule has 1 amide bonds. The van der Waals surface area contributed by atoms with Gasteiger partial charge in [0.25, 0.3) is 5.91 Å². The molecule has 98 valence electrons. The molecule has 0 heterocycles. The molecule has 6 heteroatoms. The van der Waals surface area contributed by atoms with E-state index in [0.29, 0.717) is 15.1 Å². The Hall–Kier alpha value is -1.07. The lowest BCUT2D eigenvalue weighted by atomic mass is 10.1. The number of carbonyl (C=O) groups is 2. The summed E-state index contributed by atoms with van der Waals surface area (Å²) in [5, 5.41) is 9.12. The maximum absolute atomic E-state index is 12.3. The number of aliphatic carboxylic acids is 1. The second-order valence-electron chi connectivity index (χ2n) is 4.04. The Labute approximate surface area is 119 Å². The fraction of sp³-hybridized carbons (Fsp3) is 0.333. The van der Waals surface area contributed by atoms with Gasteiger partial charge in [-0.05, 0) is 32.0 Å². The Morgan fingerprint density at radius 1 is 1.44 bits per heavy atom. The predicted molar refractivity (Wildman–Crippen MR) is 73.0 cm³/mol. The normalized spacial score (nSPS) is 10.5. The molecule has 0 spiro atoms. The zero-order valence-corrected chi connectivity index (χ0v) is 12.3. The number of rotatable bonds is 4. The summed E-state index contributed by atoms with van der Waals surface area (Å²) in [6, 6.07) is 4.68. The third-order valence-corrected chi connectivity index (χ3v) is 3.17. The number of halogens is 2. The lowest BCUT2D eigenvalue weighted by Crippen LogP contribution is -2.40. The van der Waals surface area contributed by atoms with E-state index in [9.17, 15) is 9.59 Å². The largest absolute Gasteiger partial charge is 0.480 e. The van der Waals surface area contributed by atoms with E-state index >= 15 is 0 Å². The summed E-state index contributed by atoms with van der Waals surface area (Å²) in [5.74, 6) is -1.44. The van der Waals surface area contributed by atoms with E-state index in [2.05, 4.69) is 15.9 Å². The molecule has 0 fully saturated rings. The van der Waals surface area contributed by atoms with Crippen LogP contribution in [0.3, 0.4) is 0 Å².